The van der Waals surface area contributed by atoms with Gasteiger partial charge in [0.05, 0.1) is 5.75 Å². The fraction of sp³-hybridized carbons (Fsp3) is 0.909. The number of sulfone groups is 1. The normalized spacial score (nSPS) is 22.8. The first-order chi connectivity index (χ1) is 8.40. The molecule has 2 N–H and O–H groups in total. The van der Waals surface area contributed by atoms with Gasteiger partial charge in [0.1, 0.15) is 9.84 Å². The first-order valence-corrected chi connectivity index (χ1v) is 9.42. The SMILES string of the molecule is CS(=O)(=O)CC1(CN=C(N)N2CCSCC2)CC1.I. The van der Waals surface area contributed by atoms with E-state index in [4.69, 9.17) is 5.73 Å². The van der Waals surface area contributed by atoms with E-state index >= 15 is 0 Å². The van der Waals surface area contributed by atoms with Crippen molar-refractivity contribution in [2.45, 2.75) is 12.8 Å². The van der Waals surface area contributed by atoms with E-state index in [1.165, 1.54) is 6.26 Å². The Morgan fingerprint density at radius 2 is 1.95 bits per heavy atom. The zero-order chi connectivity index (χ0) is 13.2. The Balaban J connectivity index is 0.00000180. The highest BCUT2D eigenvalue weighted by molar-refractivity contribution is 14.0. The third-order valence-electron chi connectivity index (χ3n) is 3.44. The number of hydrogen-bond acceptors (Lipinski definition) is 4. The number of rotatable bonds is 4. The van der Waals surface area contributed by atoms with E-state index in [0.717, 1.165) is 37.4 Å². The van der Waals surface area contributed by atoms with Gasteiger partial charge in [0, 0.05) is 42.8 Å². The van der Waals surface area contributed by atoms with E-state index in [2.05, 4.69) is 9.89 Å². The van der Waals surface area contributed by atoms with Gasteiger partial charge >= 0.3 is 0 Å². The van der Waals surface area contributed by atoms with E-state index < -0.39 is 9.84 Å². The molecule has 0 amide bonds. The number of halogens is 1. The molecule has 0 unspecified atom stereocenters. The van der Waals surface area contributed by atoms with Gasteiger partial charge in [-0.1, -0.05) is 0 Å². The zero-order valence-corrected chi connectivity index (χ0v) is 15.1. The Kier molecular flexibility index (Phi) is 6.25. The molecule has 2 fully saturated rings. The summed E-state index contributed by atoms with van der Waals surface area (Å²) < 4.78 is 22.7. The molecule has 1 aliphatic carbocycles. The van der Waals surface area contributed by atoms with Gasteiger partial charge in [0.15, 0.2) is 5.96 Å². The number of aliphatic imine (C=N–C) groups is 1. The molecule has 0 aromatic heterocycles. The van der Waals surface area contributed by atoms with Gasteiger partial charge in [-0.2, -0.15) is 11.8 Å². The van der Waals surface area contributed by atoms with Crippen LogP contribution in [0.5, 0.6) is 0 Å². The van der Waals surface area contributed by atoms with Crippen LogP contribution in [-0.2, 0) is 9.84 Å². The molecule has 1 saturated carbocycles. The Hall–Kier alpha value is 0.300. The fourth-order valence-corrected chi connectivity index (χ4v) is 4.62. The van der Waals surface area contributed by atoms with Crippen molar-refractivity contribution in [1.29, 1.82) is 0 Å². The van der Waals surface area contributed by atoms with Crippen molar-refractivity contribution in [3.05, 3.63) is 0 Å². The highest BCUT2D eigenvalue weighted by Gasteiger charge is 2.45. The second kappa shape index (κ2) is 6.84. The first kappa shape index (κ1) is 17.4. The smallest absolute Gasteiger partial charge is 0.191 e. The Morgan fingerprint density at radius 1 is 1.37 bits per heavy atom. The van der Waals surface area contributed by atoms with Crippen LogP contribution in [0.4, 0.5) is 0 Å². The van der Waals surface area contributed by atoms with E-state index in [9.17, 15) is 8.42 Å². The van der Waals surface area contributed by atoms with Crippen molar-refractivity contribution < 1.29 is 8.42 Å². The maximum absolute atomic E-state index is 11.3. The molecule has 5 nitrogen and oxygen atoms in total. The molecule has 0 spiro atoms. The molecule has 19 heavy (non-hydrogen) atoms. The minimum atomic E-state index is -2.92. The molecule has 0 radical (unpaired) electrons. The van der Waals surface area contributed by atoms with Crippen LogP contribution in [0.1, 0.15) is 12.8 Å². The van der Waals surface area contributed by atoms with Crippen LogP contribution in [0, 0.1) is 5.41 Å². The molecule has 8 heteroatoms. The second-order valence-electron chi connectivity index (χ2n) is 5.34. The van der Waals surface area contributed by atoms with Gasteiger partial charge in [-0.25, -0.2) is 8.42 Å². The molecule has 0 aromatic carbocycles. The molecule has 2 aliphatic rings. The standard InChI is InChI=1S/C11H21N3O2S2.HI/c1-18(15,16)9-11(2-3-11)8-13-10(12)14-4-6-17-7-5-14;/h2-9H2,1H3,(H2,12,13);1H. The summed E-state index contributed by atoms with van der Waals surface area (Å²) in [6, 6.07) is 0. The van der Waals surface area contributed by atoms with E-state index in [0.29, 0.717) is 12.5 Å². The number of hydrogen-bond donors (Lipinski definition) is 1. The van der Waals surface area contributed by atoms with Gasteiger partial charge in [0.2, 0.25) is 0 Å². The molecule has 0 atom stereocenters. The fourth-order valence-electron chi connectivity index (χ4n) is 2.22. The lowest BCUT2D eigenvalue weighted by Gasteiger charge is -2.27. The van der Waals surface area contributed by atoms with Crippen molar-refractivity contribution in [3.8, 4) is 0 Å². The van der Waals surface area contributed by atoms with Gasteiger partial charge < -0.3 is 10.6 Å². The van der Waals surface area contributed by atoms with Crippen molar-refractivity contribution in [2.24, 2.45) is 16.1 Å². The average Bonchev–Trinajstić information content (AvgIpc) is 3.05. The predicted octanol–water partition coefficient (Wildman–Crippen LogP) is 0.793. The van der Waals surface area contributed by atoms with Crippen LogP contribution in [-0.4, -0.2) is 62.4 Å². The molecule has 1 aliphatic heterocycles. The second-order valence-corrected chi connectivity index (χ2v) is 8.71. The van der Waals surface area contributed by atoms with Crippen LogP contribution in [0.25, 0.3) is 0 Å². The lowest BCUT2D eigenvalue weighted by Crippen LogP contribution is -2.43. The maximum atomic E-state index is 11.3. The highest BCUT2D eigenvalue weighted by Crippen LogP contribution is 2.46. The quantitative estimate of drug-likeness (QED) is 0.415. The topological polar surface area (TPSA) is 75.8 Å². The van der Waals surface area contributed by atoms with Gasteiger partial charge in [-0.3, -0.25) is 4.99 Å². The number of thioether (sulfide) groups is 1. The predicted molar refractivity (Wildman–Crippen MR) is 92.2 cm³/mol. The van der Waals surface area contributed by atoms with Crippen LogP contribution in [0.3, 0.4) is 0 Å². The summed E-state index contributed by atoms with van der Waals surface area (Å²) in [5.74, 6) is 3.00. The molecular formula is C11H22IN3O2S2. The number of nitrogens with zero attached hydrogens (tertiary/aromatic N) is 2. The monoisotopic (exact) mass is 419 g/mol. The molecule has 2 rings (SSSR count). The molecular weight excluding hydrogens is 397 g/mol. The number of nitrogens with two attached hydrogens (primary N) is 1. The molecule has 0 aromatic rings. The van der Waals surface area contributed by atoms with E-state index in [1.807, 2.05) is 11.8 Å². The van der Waals surface area contributed by atoms with E-state index in [-0.39, 0.29) is 35.1 Å². The summed E-state index contributed by atoms with van der Waals surface area (Å²) in [5, 5.41) is 0. The zero-order valence-electron chi connectivity index (χ0n) is 11.2. The lowest BCUT2D eigenvalue weighted by atomic mass is 10.1. The highest BCUT2D eigenvalue weighted by atomic mass is 127. The minimum Gasteiger partial charge on any atom is -0.370 e. The Bertz CT molecular complexity index is 429. The molecule has 1 heterocycles. The van der Waals surface area contributed by atoms with Gasteiger partial charge in [0.25, 0.3) is 0 Å². The first-order valence-electron chi connectivity index (χ1n) is 6.21. The summed E-state index contributed by atoms with van der Waals surface area (Å²) in [5.41, 5.74) is 5.84. The Labute approximate surface area is 136 Å². The van der Waals surface area contributed by atoms with Crippen LogP contribution >= 0.6 is 35.7 Å². The van der Waals surface area contributed by atoms with Gasteiger partial charge in [-0.05, 0) is 12.8 Å². The molecule has 112 valence electrons. The minimum absolute atomic E-state index is 0. The van der Waals surface area contributed by atoms with Crippen LogP contribution in [0.15, 0.2) is 4.99 Å². The molecule has 1 saturated heterocycles. The summed E-state index contributed by atoms with van der Waals surface area (Å²) in [6.07, 6.45) is 3.20. The molecule has 0 bridgehead atoms. The van der Waals surface area contributed by atoms with Crippen molar-refractivity contribution in [3.63, 3.8) is 0 Å². The van der Waals surface area contributed by atoms with Gasteiger partial charge in [-0.15, -0.1) is 24.0 Å². The van der Waals surface area contributed by atoms with Crippen molar-refractivity contribution in [1.82, 2.24) is 4.90 Å². The maximum Gasteiger partial charge on any atom is 0.191 e. The lowest BCUT2D eigenvalue weighted by molar-refractivity contribution is 0.451. The van der Waals surface area contributed by atoms with Crippen molar-refractivity contribution >= 4 is 51.5 Å². The van der Waals surface area contributed by atoms with Crippen LogP contribution < -0.4 is 5.73 Å². The largest absolute Gasteiger partial charge is 0.370 e. The number of guanidine groups is 1. The summed E-state index contributed by atoms with van der Waals surface area (Å²) >= 11 is 1.93. The van der Waals surface area contributed by atoms with Crippen molar-refractivity contribution in [2.75, 3.05) is 43.1 Å². The average molecular weight is 419 g/mol. The van der Waals surface area contributed by atoms with E-state index in [1.54, 1.807) is 0 Å². The summed E-state index contributed by atoms with van der Waals surface area (Å²) in [4.78, 5) is 6.50. The summed E-state index contributed by atoms with van der Waals surface area (Å²) in [6.45, 7) is 2.44. The third-order valence-corrected chi connectivity index (χ3v) is 5.52. The Morgan fingerprint density at radius 3 is 2.42 bits per heavy atom. The third kappa shape index (κ3) is 5.66. The summed E-state index contributed by atoms with van der Waals surface area (Å²) in [7, 11) is -2.92. The van der Waals surface area contributed by atoms with Crippen LogP contribution in [0.2, 0.25) is 0 Å².